The third-order valence-corrected chi connectivity index (χ3v) is 6.49. The summed E-state index contributed by atoms with van der Waals surface area (Å²) in [6.07, 6.45) is 4.18. The zero-order valence-electron chi connectivity index (χ0n) is 14.4. The van der Waals surface area contributed by atoms with E-state index in [1.165, 1.54) is 4.88 Å². The monoisotopic (exact) mass is 399 g/mol. The number of carbonyl (C=O) groups excluding carboxylic acids is 2. The van der Waals surface area contributed by atoms with Crippen molar-refractivity contribution in [1.29, 1.82) is 0 Å². The van der Waals surface area contributed by atoms with Gasteiger partial charge in [-0.05, 0) is 43.4 Å². The minimum Gasteiger partial charge on any atom is -0.301 e. The van der Waals surface area contributed by atoms with Gasteiger partial charge in [0.05, 0.1) is 11.1 Å². The number of hydrogen-bond donors (Lipinski definition) is 2. The first-order valence-corrected chi connectivity index (χ1v) is 10.5. The number of rotatable bonds is 4. The number of hydrogen-bond acceptors (Lipinski definition) is 6. The molecule has 6 nitrogen and oxygen atoms in total. The highest BCUT2D eigenvalue weighted by Crippen LogP contribution is 2.34. The van der Waals surface area contributed by atoms with Gasteiger partial charge in [-0.25, -0.2) is 4.98 Å². The summed E-state index contributed by atoms with van der Waals surface area (Å²) in [4.78, 5) is 45.8. The average molecular weight is 399 g/mol. The number of benzene rings is 1. The molecule has 0 saturated heterocycles. The van der Waals surface area contributed by atoms with E-state index in [0.29, 0.717) is 16.1 Å². The summed E-state index contributed by atoms with van der Waals surface area (Å²) in [6.45, 7) is 0. The second kappa shape index (κ2) is 7.66. The molecule has 0 bridgehead atoms. The summed E-state index contributed by atoms with van der Waals surface area (Å²) >= 11 is 2.69. The topological polar surface area (TPSA) is 91.9 Å². The van der Waals surface area contributed by atoms with Gasteiger partial charge < -0.3 is 4.98 Å². The van der Waals surface area contributed by atoms with Crippen LogP contribution in [0.4, 0.5) is 0 Å². The van der Waals surface area contributed by atoms with Crippen LogP contribution in [0.1, 0.15) is 33.6 Å². The molecule has 2 amide bonds. The van der Waals surface area contributed by atoms with Gasteiger partial charge in [0.2, 0.25) is 5.91 Å². The van der Waals surface area contributed by atoms with Crippen molar-refractivity contribution < 1.29 is 9.59 Å². The second-order valence-electron chi connectivity index (χ2n) is 6.29. The summed E-state index contributed by atoms with van der Waals surface area (Å²) in [5.41, 5.74) is 1.41. The minimum atomic E-state index is -0.441. The van der Waals surface area contributed by atoms with Gasteiger partial charge in [-0.1, -0.05) is 30.0 Å². The lowest BCUT2D eigenvalue weighted by Crippen LogP contribution is -2.31. The van der Waals surface area contributed by atoms with Crippen LogP contribution in [0, 0.1) is 0 Å². The van der Waals surface area contributed by atoms with E-state index in [9.17, 15) is 14.4 Å². The summed E-state index contributed by atoms with van der Waals surface area (Å²) in [7, 11) is 0. The molecule has 2 N–H and O–H groups in total. The molecular formula is C19H17N3O3S2. The molecule has 8 heteroatoms. The lowest BCUT2D eigenvalue weighted by Gasteiger charge is -2.09. The van der Waals surface area contributed by atoms with E-state index in [1.807, 2.05) is 0 Å². The summed E-state index contributed by atoms with van der Waals surface area (Å²) in [6, 6.07) is 8.55. The number of imide groups is 1. The van der Waals surface area contributed by atoms with Crippen molar-refractivity contribution in [3.05, 3.63) is 56.7 Å². The third-order valence-electron chi connectivity index (χ3n) is 4.43. The molecule has 27 heavy (non-hydrogen) atoms. The molecule has 3 aromatic rings. The predicted octanol–water partition coefficient (Wildman–Crippen LogP) is 2.91. The maximum Gasteiger partial charge on any atom is 0.260 e. The Morgan fingerprint density at radius 3 is 2.78 bits per heavy atom. The Morgan fingerprint density at radius 2 is 1.96 bits per heavy atom. The van der Waals surface area contributed by atoms with Gasteiger partial charge in [0.25, 0.3) is 11.5 Å². The van der Waals surface area contributed by atoms with E-state index in [2.05, 4.69) is 15.3 Å². The quantitative estimate of drug-likeness (QED) is 0.520. The number of aromatic nitrogens is 2. The number of H-pyrrole nitrogens is 1. The van der Waals surface area contributed by atoms with Crippen LogP contribution in [0.3, 0.4) is 0 Å². The molecule has 0 fully saturated rings. The van der Waals surface area contributed by atoms with Crippen LogP contribution >= 0.6 is 23.1 Å². The molecular weight excluding hydrogens is 382 g/mol. The summed E-state index contributed by atoms with van der Waals surface area (Å²) < 4.78 is 0. The van der Waals surface area contributed by atoms with Crippen LogP contribution < -0.4 is 10.9 Å². The molecule has 1 aliphatic carbocycles. The van der Waals surface area contributed by atoms with Crippen molar-refractivity contribution >= 4 is 45.1 Å². The van der Waals surface area contributed by atoms with Crippen LogP contribution in [0.15, 0.2) is 40.3 Å². The second-order valence-corrected chi connectivity index (χ2v) is 8.34. The highest BCUT2D eigenvalue weighted by Gasteiger charge is 2.20. The average Bonchev–Trinajstić information content (AvgIpc) is 3.06. The van der Waals surface area contributed by atoms with Crippen LogP contribution in [-0.4, -0.2) is 27.5 Å². The molecule has 0 radical (unpaired) electrons. The highest BCUT2D eigenvalue weighted by atomic mass is 32.2. The molecule has 0 saturated carbocycles. The zero-order chi connectivity index (χ0) is 18.8. The van der Waals surface area contributed by atoms with E-state index >= 15 is 0 Å². The van der Waals surface area contributed by atoms with Gasteiger partial charge in [0.1, 0.15) is 4.83 Å². The standard InChI is InChI=1S/C19H17N3O3S2/c23-14(20-16(24)11-6-2-1-3-7-11)10-26-19-21-17(25)15-12-8-4-5-9-13(12)27-18(15)22-19/h1-3,6-7H,4-5,8-10H2,(H,20,23,24)(H,21,22,25). The Bertz CT molecular complexity index is 1070. The summed E-state index contributed by atoms with van der Waals surface area (Å²) in [5, 5.41) is 3.44. The molecule has 1 aromatic carbocycles. The normalized spacial score (nSPS) is 13.3. The highest BCUT2D eigenvalue weighted by molar-refractivity contribution is 7.99. The molecule has 138 valence electrons. The van der Waals surface area contributed by atoms with Gasteiger partial charge in [-0.3, -0.25) is 19.7 Å². The first kappa shape index (κ1) is 17.9. The minimum absolute atomic E-state index is 0.00188. The first-order chi connectivity index (χ1) is 13.1. The molecule has 0 atom stereocenters. The van der Waals surface area contributed by atoms with Gasteiger partial charge in [-0.15, -0.1) is 11.3 Å². The van der Waals surface area contributed by atoms with Crippen LogP contribution in [0.2, 0.25) is 0 Å². The molecule has 0 spiro atoms. The number of nitrogens with zero attached hydrogens (tertiary/aromatic N) is 1. The first-order valence-electron chi connectivity index (χ1n) is 8.68. The van der Waals surface area contributed by atoms with E-state index in [1.54, 1.807) is 41.7 Å². The number of thiophene rings is 1. The smallest absolute Gasteiger partial charge is 0.260 e. The number of amides is 2. The van der Waals surface area contributed by atoms with Gasteiger partial charge >= 0.3 is 0 Å². The van der Waals surface area contributed by atoms with Crippen molar-refractivity contribution in [1.82, 2.24) is 15.3 Å². The number of aromatic amines is 1. The Kier molecular flexibility index (Phi) is 5.09. The largest absolute Gasteiger partial charge is 0.301 e. The fourth-order valence-electron chi connectivity index (χ4n) is 3.17. The van der Waals surface area contributed by atoms with Gasteiger partial charge in [-0.2, -0.15) is 0 Å². The van der Waals surface area contributed by atoms with Crippen LogP contribution in [0.25, 0.3) is 10.2 Å². The molecule has 2 aromatic heterocycles. The molecule has 0 unspecified atom stereocenters. The lowest BCUT2D eigenvalue weighted by molar-refractivity contribution is -0.117. The number of thioether (sulfide) groups is 1. The summed E-state index contributed by atoms with van der Waals surface area (Å²) in [5.74, 6) is -0.871. The fourth-order valence-corrected chi connectivity index (χ4v) is 5.15. The van der Waals surface area contributed by atoms with Crippen molar-refractivity contribution in [3.63, 3.8) is 0 Å². The Hall–Kier alpha value is -2.45. The van der Waals surface area contributed by atoms with E-state index < -0.39 is 11.8 Å². The molecule has 0 aliphatic heterocycles. The maximum atomic E-state index is 12.5. The van der Waals surface area contributed by atoms with Crippen LogP contribution in [0.5, 0.6) is 0 Å². The van der Waals surface area contributed by atoms with E-state index in [4.69, 9.17) is 0 Å². The predicted molar refractivity (Wildman–Crippen MR) is 107 cm³/mol. The third kappa shape index (κ3) is 3.81. The number of fused-ring (bicyclic) bond motifs is 3. The SMILES string of the molecule is O=C(CSc1nc2sc3c(c2c(=O)[nH]1)CCCC3)NC(=O)c1ccccc1. The van der Waals surface area contributed by atoms with Gasteiger partial charge in [0, 0.05) is 10.4 Å². The lowest BCUT2D eigenvalue weighted by atomic mass is 9.97. The Labute approximate surface area is 163 Å². The van der Waals surface area contributed by atoms with Crippen molar-refractivity contribution in [3.8, 4) is 0 Å². The van der Waals surface area contributed by atoms with Crippen molar-refractivity contribution in [2.45, 2.75) is 30.8 Å². The van der Waals surface area contributed by atoms with Crippen LogP contribution in [-0.2, 0) is 17.6 Å². The number of carbonyl (C=O) groups is 2. The molecule has 4 rings (SSSR count). The Morgan fingerprint density at radius 1 is 1.19 bits per heavy atom. The van der Waals surface area contributed by atoms with E-state index in [0.717, 1.165) is 47.8 Å². The van der Waals surface area contributed by atoms with E-state index in [-0.39, 0.29) is 11.3 Å². The number of aryl methyl sites for hydroxylation is 2. The number of nitrogens with one attached hydrogen (secondary N) is 2. The zero-order valence-corrected chi connectivity index (χ0v) is 16.0. The maximum absolute atomic E-state index is 12.5. The van der Waals surface area contributed by atoms with Gasteiger partial charge in [0.15, 0.2) is 5.16 Å². The Balaban J connectivity index is 1.45. The van der Waals surface area contributed by atoms with Crippen molar-refractivity contribution in [2.24, 2.45) is 0 Å². The molecule has 2 heterocycles. The molecule has 1 aliphatic rings. The van der Waals surface area contributed by atoms with Crippen molar-refractivity contribution in [2.75, 3.05) is 5.75 Å². The fraction of sp³-hybridized carbons (Fsp3) is 0.263.